The molecule has 2 aromatic rings. The van der Waals surface area contributed by atoms with Crippen molar-refractivity contribution in [3.63, 3.8) is 0 Å². The summed E-state index contributed by atoms with van der Waals surface area (Å²) in [6.07, 6.45) is 3.33. The first-order chi connectivity index (χ1) is 9.20. The molecule has 1 aromatic carbocycles. The third kappa shape index (κ3) is 3.80. The molecule has 0 aliphatic heterocycles. The number of anilines is 1. The maximum atomic E-state index is 6.12. The van der Waals surface area contributed by atoms with E-state index in [2.05, 4.69) is 15.3 Å². The average molecular weight is 298 g/mol. The lowest BCUT2D eigenvalue weighted by molar-refractivity contribution is 0.210. The molecular weight excluding hydrogens is 285 g/mol. The fourth-order valence-corrected chi connectivity index (χ4v) is 2.04. The zero-order valence-electron chi connectivity index (χ0n) is 10.4. The molecule has 0 bridgehead atoms. The van der Waals surface area contributed by atoms with E-state index in [1.807, 2.05) is 6.07 Å². The van der Waals surface area contributed by atoms with E-state index in [0.717, 1.165) is 5.56 Å². The molecule has 0 aliphatic rings. The Morgan fingerprint density at radius 1 is 1.21 bits per heavy atom. The van der Waals surface area contributed by atoms with Gasteiger partial charge in [-0.1, -0.05) is 23.2 Å². The highest BCUT2D eigenvalue weighted by Crippen LogP contribution is 2.28. The Kier molecular flexibility index (Phi) is 4.96. The Hall–Kier alpha value is -1.36. The summed E-state index contributed by atoms with van der Waals surface area (Å²) in [4.78, 5) is 8.59. The van der Waals surface area contributed by atoms with E-state index < -0.39 is 0 Å². The van der Waals surface area contributed by atoms with Crippen LogP contribution >= 0.6 is 23.2 Å². The minimum atomic E-state index is 0.557. The molecule has 0 atom stereocenters. The van der Waals surface area contributed by atoms with E-state index in [9.17, 15) is 0 Å². The van der Waals surface area contributed by atoms with Crippen molar-refractivity contribution in [3.05, 3.63) is 40.6 Å². The normalized spacial score (nSPS) is 10.5. The van der Waals surface area contributed by atoms with Crippen molar-refractivity contribution in [2.45, 2.75) is 0 Å². The highest BCUT2D eigenvalue weighted by atomic mass is 35.5. The number of hydrogen-bond acceptors (Lipinski definition) is 4. The van der Waals surface area contributed by atoms with E-state index >= 15 is 0 Å². The van der Waals surface area contributed by atoms with Crippen LogP contribution in [0.15, 0.2) is 30.6 Å². The molecule has 0 spiro atoms. The molecule has 19 heavy (non-hydrogen) atoms. The molecule has 6 heteroatoms. The molecule has 0 saturated carbocycles. The van der Waals surface area contributed by atoms with Crippen LogP contribution in [-0.4, -0.2) is 30.2 Å². The smallest absolute Gasteiger partial charge is 0.144 e. The second-order valence-corrected chi connectivity index (χ2v) is 4.67. The van der Waals surface area contributed by atoms with Gasteiger partial charge in [-0.15, -0.1) is 0 Å². The van der Waals surface area contributed by atoms with Gasteiger partial charge in [0.25, 0.3) is 0 Å². The van der Waals surface area contributed by atoms with E-state index in [1.165, 1.54) is 0 Å². The highest BCUT2D eigenvalue weighted by molar-refractivity contribution is 6.36. The largest absolute Gasteiger partial charge is 0.383 e. The number of nitrogens with zero attached hydrogens (tertiary/aromatic N) is 2. The zero-order valence-corrected chi connectivity index (χ0v) is 11.9. The number of hydrogen-bond donors (Lipinski definition) is 1. The van der Waals surface area contributed by atoms with Gasteiger partial charge in [-0.3, -0.25) is 4.98 Å². The number of halogens is 2. The van der Waals surface area contributed by atoms with Crippen LogP contribution in [0.2, 0.25) is 10.0 Å². The summed E-state index contributed by atoms with van der Waals surface area (Å²) < 4.78 is 4.94. The molecule has 0 fully saturated rings. The summed E-state index contributed by atoms with van der Waals surface area (Å²) in [5.41, 5.74) is 1.51. The molecule has 1 heterocycles. The number of ether oxygens (including phenoxy) is 1. The number of benzene rings is 1. The summed E-state index contributed by atoms with van der Waals surface area (Å²) >= 11 is 12.0. The highest BCUT2D eigenvalue weighted by Gasteiger charge is 2.06. The fourth-order valence-electron chi connectivity index (χ4n) is 1.54. The van der Waals surface area contributed by atoms with Crippen molar-refractivity contribution in [1.82, 2.24) is 9.97 Å². The van der Waals surface area contributed by atoms with Crippen molar-refractivity contribution in [2.75, 3.05) is 25.6 Å². The monoisotopic (exact) mass is 297 g/mol. The topological polar surface area (TPSA) is 47.0 Å². The molecule has 0 saturated heterocycles. The minimum Gasteiger partial charge on any atom is -0.383 e. The van der Waals surface area contributed by atoms with Crippen LogP contribution in [0.5, 0.6) is 0 Å². The second kappa shape index (κ2) is 6.70. The van der Waals surface area contributed by atoms with Crippen molar-refractivity contribution in [1.29, 1.82) is 0 Å². The first-order valence-corrected chi connectivity index (χ1v) is 6.46. The summed E-state index contributed by atoms with van der Waals surface area (Å²) in [7, 11) is 1.65. The summed E-state index contributed by atoms with van der Waals surface area (Å²) in [6.45, 7) is 1.30. The molecule has 4 nitrogen and oxygen atoms in total. The van der Waals surface area contributed by atoms with Crippen LogP contribution in [0.3, 0.4) is 0 Å². The lowest BCUT2D eigenvalue weighted by Crippen LogP contribution is -2.08. The maximum Gasteiger partial charge on any atom is 0.144 e. The number of aromatic nitrogens is 2. The second-order valence-electron chi connectivity index (χ2n) is 3.83. The Morgan fingerprint density at radius 2 is 2.05 bits per heavy atom. The van der Waals surface area contributed by atoms with Crippen LogP contribution in [0, 0.1) is 0 Å². The number of rotatable bonds is 5. The first kappa shape index (κ1) is 14.1. The molecule has 0 unspecified atom stereocenters. The average Bonchev–Trinajstić information content (AvgIpc) is 2.40. The number of nitrogens with one attached hydrogen (secondary N) is 1. The summed E-state index contributed by atoms with van der Waals surface area (Å²) in [5.74, 6) is 0.700. The van der Waals surface area contributed by atoms with Crippen molar-refractivity contribution < 1.29 is 4.74 Å². The van der Waals surface area contributed by atoms with Gasteiger partial charge in [0.1, 0.15) is 5.82 Å². The molecular formula is C13H13Cl2N3O. The summed E-state index contributed by atoms with van der Waals surface area (Å²) in [5, 5.41) is 4.25. The predicted octanol–water partition coefficient (Wildman–Crippen LogP) is 3.51. The molecule has 100 valence electrons. The standard InChI is InChI=1S/C13H13Cl2N3O/c1-19-5-4-16-13-8-17-12(7-18-13)10-3-2-9(14)6-11(10)15/h2-3,6-8H,4-5H2,1H3,(H,16,18). The fraction of sp³-hybridized carbons (Fsp3) is 0.231. The van der Waals surface area contributed by atoms with Crippen molar-refractivity contribution in [3.8, 4) is 11.3 Å². The Bertz CT molecular complexity index is 546. The Labute approximate surface area is 121 Å². The van der Waals surface area contributed by atoms with E-state index in [1.54, 1.807) is 31.6 Å². The lowest BCUT2D eigenvalue weighted by Gasteiger charge is -2.06. The van der Waals surface area contributed by atoms with Gasteiger partial charge in [-0.25, -0.2) is 4.98 Å². The van der Waals surface area contributed by atoms with Gasteiger partial charge in [0.15, 0.2) is 0 Å². The minimum absolute atomic E-state index is 0.557. The number of methoxy groups -OCH3 is 1. The zero-order chi connectivity index (χ0) is 13.7. The Balaban J connectivity index is 2.13. The molecule has 0 amide bonds. The molecule has 0 aliphatic carbocycles. The van der Waals surface area contributed by atoms with E-state index in [4.69, 9.17) is 27.9 Å². The van der Waals surface area contributed by atoms with Crippen molar-refractivity contribution >= 4 is 29.0 Å². The van der Waals surface area contributed by atoms with Gasteiger partial charge in [-0.05, 0) is 18.2 Å². The lowest BCUT2D eigenvalue weighted by atomic mass is 10.1. The van der Waals surface area contributed by atoms with Gasteiger partial charge in [0.05, 0.1) is 29.7 Å². The predicted molar refractivity (Wildman–Crippen MR) is 77.9 cm³/mol. The third-order valence-corrected chi connectivity index (χ3v) is 3.02. The molecule has 0 radical (unpaired) electrons. The quantitative estimate of drug-likeness (QED) is 0.858. The Morgan fingerprint density at radius 3 is 2.68 bits per heavy atom. The van der Waals surface area contributed by atoms with Crippen LogP contribution in [0.25, 0.3) is 11.3 Å². The van der Waals surface area contributed by atoms with Gasteiger partial charge in [0, 0.05) is 24.2 Å². The van der Waals surface area contributed by atoms with Crippen LogP contribution in [0.1, 0.15) is 0 Å². The SMILES string of the molecule is COCCNc1cnc(-c2ccc(Cl)cc2Cl)cn1. The maximum absolute atomic E-state index is 6.12. The van der Waals surface area contributed by atoms with E-state index in [-0.39, 0.29) is 0 Å². The summed E-state index contributed by atoms with van der Waals surface area (Å²) in [6, 6.07) is 5.28. The van der Waals surface area contributed by atoms with Gasteiger partial charge in [0.2, 0.25) is 0 Å². The first-order valence-electron chi connectivity index (χ1n) is 5.71. The molecule has 1 aromatic heterocycles. The van der Waals surface area contributed by atoms with Crippen molar-refractivity contribution in [2.24, 2.45) is 0 Å². The molecule has 1 N–H and O–H groups in total. The van der Waals surface area contributed by atoms with Gasteiger partial charge < -0.3 is 10.1 Å². The van der Waals surface area contributed by atoms with Crippen LogP contribution in [0.4, 0.5) is 5.82 Å². The third-order valence-electron chi connectivity index (χ3n) is 2.47. The van der Waals surface area contributed by atoms with Gasteiger partial charge in [-0.2, -0.15) is 0 Å². The molecule has 2 rings (SSSR count). The van der Waals surface area contributed by atoms with E-state index in [0.29, 0.717) is 34.7 Å². The van der Waals surface area contributed by atoms with Gasteiger partial charge >= 0.3 is 0 Å². The van der Waals surface area contributed by atoms with Crippen LogP contribution in [-0.2, 0) is 4.74 Å². The van der Waals surface area contributed by atoms with Crippen LogP contribution < -0.4 is 5.32 Å².